The van der Waals surface area contributed by atoms with Crippen molar-refractivity contribution < 1.29 is 37.9 Å². The molecule has 1 saturated heterocycles. The number of carbonyl (C=O) groups is 5. The van der Waals surface area contributed by atoms with E-state index in [1.165, 1.54) is 9.80 Å². The van der Waals surface area contributed by atoms with Gasteiger partial charge in [-0.2, -0.15) is 0 Å². The van der Waals surface area contributed by atoms with Gasteiger partial charge < -0.3 is 25.6 Å². The highest BCUT2D eigenvalue weighted by Gasteiger charge is 2.38. The Balaban J connectivity index is 1.43. The Bertz CT molecular complexity index is 1770. The van der Waals surface area contributed by atoms with Gasteiger partial charge >= 0.3 is 0 Å². The lowest BCUT2D eigenvalue weighted by molar-refractivity contribution is -0.140. The minimum Gasteiger partial charge on any atom is -0.387 e. The molecule has 0 radical (unpaired) electrons. The lowest BCUT2D eigenvalue weighted by atomic mass is 9.82. The summed E-state index contributed by atoms with van der Waals surface area (Å²) in [6, 6.07) is 12.7. The third kappa shape index (κ3) is 10.9. The van der Waals surface area contributed by atoms with Gasteiger partial charge in [-0.25, -0.2) is 8.78 Å². The van der Waals surface area contributed by atoms with Crippen LogP contribution in [0, 0.1) is 23.0 Å². The van der Waals surface area contributed by atoms with E-state index in [4.69, 9.17) is 5.73 Å². The number of hydrogen-bond acceptors (Lipinski definition) is 7. The number of Topliss-reactive ketones (excluding diaryl/α,β-unsaturated/α-hetero) is 1. The van der Waals surface area contributed by atoms with Gasteiger partial charge in [0.05, 0.1) is 18.6 Å². The van der Waals surface area contributed by atoms with Crippen LogP contribution in [-0.4, -0.2) is 81.2 Å². The van der Waals surface area contributed by atoms with Crippen LogP contribution in [0.2, 0.25) is 0 Å². The van der Waals surface area contributed by atoms with E-state index in [0.29, 0.717) is 43.6 Å². The van der Waals surface area contributed by atoms with Gasteiger partial charge in [0.25, 0.3) is 0 Å². The lowest BCUT2D eigenvalue weighted by Crippen LogP contribution is -2.48. The van der Waals surface area contributed by atoms with Crippen molar-refractivity contribution in [2.24, 2.45) is 17.1 Å². The van der Waals surface area contributed by atoms with Gasteiger partial charge in [0.2, 0.25) is 23.6 Å². The van der Waals surface area contributed by atoms with Crippen molar-refractivity contribution in [2.45, 2.75) is 84.8 Å². The highest BCUT2D eigenvalue weighted by molar-refractivity contribution is 6.03. The van der Waals surface area contributed by atoms with E-state index in [2.05, 4.69) is 5.32 Å². The molecule has 1 aliphatic heterocycles. The summed E-state index contributed by atoms with van der Waals surface area (Å²) in [5, 5.41) is 12.6. The summed E-state index contributed by atoms with van der Waals surface area (Å²) in [6.07, 6.45) is 3.94. The SMILES string of the molecule is CC1CC(=O)N(CCCCCC(=O)CNC(=O)[C@@H](N)CCN(C(=O)CO)[C@@H](c2cc(-c3cc(F)ccc3F)cn2Cc2ccccc2)C(C)(C)C)C1=O. The molecule has 0 spiro atoms. The molecule has 1 unspecified atom stereocenters. The molecule has 1 fully saturated rings. The molecule has 2 heterocycles. The second kappa shape index (κ2) is 18.3. The minimum absolute atomic E-state index is 0.00960. The molecule has 11 nitrogen and oxygen atoms in total. The van der Waals surface area contributed by atoms with E-state index in [1.54, 1.807) is 19.2 Å². The average Bonchev–Trinajstić information content (AvgIpc) is 3.63. The first-order valence-electron chi connectivity index (χ1n) is 18.1. The van der Waals surface area contributed by atoms with Gasteiger partial charge in [-0.05, 0) is 54.5 Å². The Morgan fingerprint density at radius 2 is 1.75 bits per heavy atom. The van der Waals surface area contributed by atoms with Crippen molar-refractivity contribution in [1.82, 2.24) is 19.7 Å². The predicted octanol–water partition coefficient (Wildman–Crippen LogP) is 4.75. The van der Waals surface area contributed by atoms with Crippen LogP contribution < -0.4 is 11.1 Å². The van der Waals surface area contributed by atoms with Crippen molar-refractivity contribution in [3.05, 3.63) is 83.7 Å². The Labute approximate surface area is 309 Å². The fourth-order valence-electron chi connectivity index (χ4n) is 6.77. The maximum atomic E-state index is 15.0. The number of unbranched alkanes of at least 4 members (excludes halogenated alkanes) is 2. The molecular weight excluding hydrogens is 684 g/mol. The van der Waals surface area contributed by atoms with Gasteiger partial charge in [-0.15, -0.1) is 0 Å². The van der Waals surface area contributed by atoms with Crippen molar-refractivity contribution in [1.29, 1.82) is 0 Å². The number of halogens is 2. The zero-order valence-corrected chi connectivity index (χ0v) is 30.9. The van der Waals surface area contributed by atoms with Gasteiger partial charge in [-0.3, -0.25) is 28.9 Å². The summed E-state index contributed by atoms with van der Waals surface area (Å²) in [6.45, 7) is 7.12. The van der Waals surface area contributed by atoms with Crippen molar-refractivity contribution in [2.75, 3.05) is 26.2 Å². The molecule has 3 atom stereocenters. The Morgan fingerprint density at radius 1 is 1.04 bits per heavy atom. The number of rotatable bonds is 18. The van der Waals surface area contributed by atoms with Crippen LogP contribution in [0.3, 0.4) is 0 Å². The molecule has 1 aromatic heterocycles. The Kier molecular flexibility index (Phi) is 14.2. The summed E-state index contributed by atoms with van der Waals surface area (Å²) in [5.74, 6) is -3.19. The number of hydrogen-bond donors (Lipinski definition) is 3. The monoisotopic (exact) mass is 735 g/mol. The number of amides is 4. The molecule has 0 saturated carbocycles. The number of ketones is 1. The second-order valence-electron chi connectivity index (χ2n) is 14.9. The molecule has 4 rings (SSSR count). The first kappa shape index (κ1) is 41.0. The minimum atomic E-state index is -1.08. The smallest absolute Gasteiger partial charge is 0.248 e. The predicted molar refractivity (Wildman–Crippen MR) is 196 cm³/mol. The molecule has 4 N–H and O–H groups in total. The first-order chi connectivity index (χ1) is 25.1. The highest BCUT2D eigenvalue weighted by Crippen LogP contribution is 2.41. The maximum absolute atomic E-state index is 15.0. The van der Waals surface area contributed by atoms with E-state index in [-0.39, 0.29) is 61.4 Å². The molecule has 0 aliphatic carbocycles. The van der Waals surface area contributed by atoms with Crippen LogP contribution in [-0.2, 0) is 30.5 Å². The van der Waals surface area contributed by atoms with Gasteiger partial charge in [0.15, 0.2) is 5.78 Å². The van der Waals surface area contributed by atoms with Gasteiger partial charge in [0.1, 0.15) is 18.2 Å². The number of carbonyl (C=O) groups excluding carboxylic acids is 5. The molecular formula is C40H51F2N5O6. The molecule has 2 aromatic carbocycles. The van der Waals surface area contributed by atoms with Crippen LogP contribution in [0.4, 0.5) is 8.78 Å². The van der Waals surface area contributed by atoms with Crippen LogP contribution in [0.25, 0.3) is 11.1 Å². The van der Waals surface area contributed by atoms with Crippen LogP contribution in [0.1, 0.15) is 83.5 Å². The highest BCUT2D eigenvalue weighted by atomic mass is 19.1. The quantitative estimate of drug-likeness (QED) is 0.126. The summed E-state index contributed by atoms with van der Waals surface area (Å²) >= 11 is 0. The zero-order chi connectivity index (χ0) is 38.9. The van der Waals surface area contributed by atoms with Crippen LogP contribution >= 0.6 is 0 Å². The molecule has 286 valence electrons. The number of nitrogens with two attached hydrogens (primary N) is 1. The number of nitrogens with zero attached hydrogens (tertiary/aromatic N) is 3. The number of aliphatic hydroxyl groups is 1. The normalized spacial score (nSPS) is 15.8. The van der Waals surface area contributed by atoms with Crippen molar-refractivity contribution in [3.63, 3.8) is 0 Å². The van der Waals surface area contributed by atoms with Crippen LogP contribution in [0.15, 0.2) is 60.8 Å². The van der Waals surface area contributed by atoms with E-state index < -0.39 is 47.6 Å². The maximum Gasteiger partial charge on any atom is 0.248 e. The fraction of sp³-hybridized carbons (Fsp3) is 0.475. The molecule has 53 heavy (non-hydrogen) atoms. The Morgan fingerprint density at radius 3 is 2.40 bits per heavy atom. The standard InChI is InChI=1S/C40H51F2N5O6/c1-26-19-35(50)47(39(26)53)17-10-6-9-13-30(49)22-44-38(52)33(43)16-18-46(36(51)25-48)37(40(2,3)4)34-20-28(31-21-29(41)14-15-32(31)42)24-45(34)23-27-11-7-5-8-12-27/h5,7-8,11-12,14-15,20-21,24,26,33,37,48H,6,9-10,13,16-19,22-23,25,43H2,1-4H3,(H,44,52)/t26?,33-,37-/m0/s1. The second-order valence-corrected chi connectivity index (χ2v) is 14.9. The Hall–Kier alpha value is -4.75. The van der Waals surface area contributed by atoms with Crippen molar-refractivity contribution >= 4 is 29.4 Å². The van der Waals surface area contributed by atoms with E-state index >= 15 is 4.39 Å². The third-order valence-electron chi connectivity index (χ3n) is 9.52. The number of benzene rings is 2. The molecule has 4 amide bonds. The van der Waals surface area contributed by atoms with E-state index in [1.807, 2.05) is 55.7 Å². The number of imide groups is 1. The lowest BCUT2D eigenvalue weighted by Gasteiger charge is -2.41. The summed E-state index contributed by atoms with van der Waals surface area (Å²) in [7, 11) is 0. The first-order valence-corrected chi connectivity index (χ1v) is 18.1. The topological polar surface area (TPSA) is 155 Å². The third-order valence-corrected chi connectivity index (χ3v) is 9.52. The van der Waals surface area contributed by atoms with Gasteiger partial charge in [-0.1, -0.05) is 64.4 Å². The van der Waals surface area contributed by atoms with Gasteiger partial charge in [0, 0.05) is 61.4 Å². The van der Waals surface area contributed by atoms with E-state index in [0.717, 1.165) is 23.8 Å². The summed E-state index contributed by atoms with van der Waals surface area (Å²) in [4.78, 5) is 65.6. The number of aliphatic hydroxyl groups excluding tert-OH is 1. The number of nitrogens with one attached hydrogen (secondary N) is 1. The largest absolute Gasteiger partial charge is 0.387 e. The average molecular weight is 736 g/mol. The summed E-state index contributed by atoms with van der Waals surface area (Å²) in [5.41, 5.74) is 7.61. The fourth-order valence-corrected chi connectivity index (χ4v) is 6.77. The summed E-state index contributed by atoms with van der Waals surface area (Å²) < 4.78 is 31.2. The molecule has 3 aromatic rings. The van der Waals surface area contributed by atoms with E-state index in [9.17, 15) is 33.5 Å². The number of likely N-dealkylation sites (tertiary alicyclic amines) is 1. The molecule has 1 aliphatic rings. The zero-order valence-electron chi connectivity index (χ0n) is 30.9. The number of aromatic nitrogens is 1. The van der Waals surface area contributed by atoms with Crippen molar-refractivity contribution in [3.8, 4) is 11.1 Å². The van der Waals surface area contributed by atoms with Crippen LogP contribution in [0.5, 0.6) is 0 Å². The molecule has 13 heteroatoms. The molecule has 0 bridgehead atoms.